The number of pyridine rings is 1. The fourth-order valence-electron chi connectivity index (χ4n) is 3.42. The van der Waals surface area contributed by atoms with Crippen LogP contribution in [0.15, 0.2) is 30.5 Å². The molecular weight excluding hydrogens is 280 g/mol. The van der Waals surface area contributed by atoms with Gasteiger partial charge in [-0.1, -0.05) is 31.5 Å². The van der Waals surface area contributed by atoms with E-state index in [1.807, 2.05) is 24.4 Å². The third-order valence-corrected chi connectivity index (χ3v) is 4.96. The van der Waals surface area contributed by atoms with Crippen LogP contribution in [0.2, 0.25) is 5.02 Å². The predicted octanol–water partition coefficient (Wildman–Crippen LogP) is 5.51. The molecule has 0 spiro atoms. The fourth-order valence-corrected chi connectivity index (χ4v) is 3.64. The second-order valence-electron chi connectivity index (χ2n) is 6.53. The number of hydrogen-bond donors (Lipinski definition) is 1. The fraction of sp³-hybridized carbons (Fsp3) is 0.500. The molecule has 1 fully saturated rings. The van der Waals surface area contributed by atoms with Crippen molar-refractivity contribution in [2.45, 2.75) is 45.6 Å². The van der Waals surface area contributed by atoms with Gasteiger partial charge in [-0.05, 0) is 55.7 Å². The molecule has 112 valence electrons. The van der Waals surface area contributed by atoms with Crippen molar-refractivity contribution in [1.29, 1.82) is 0 Å². The van der Waals surface area contributed by atoms with Crippen LogP contribution >= 0.6 is 11.6 Å². The lowest BCUT2D eigenvalue weighted by Crippen LogP contribution is -2.28. The van der Waals surface area contributed by atoms with Crippen LogP contribution in [0.1, 0.15) is 39.5 Å². The number of anilines is 1. The summed E-state index contributed by atoms with van der Waals surface area (Å²) in [5.41, 5.74) is 2.10. The zero-order chi connectivity index (χ0) is 14.8. The molecule has 2 nitrogen and oxygen atoms in total. The van der Waals surface area contributed by atoms with E-state index in [4.69, 9.17) is 11.6 Å². The summed E-state index contributed by atoms with van der Waals surface area (Å²) in [6, 6.07) is 8.55. The molecule has 3 rings (SSSR count). The Kier molecular flexibility index (Phi) is 4.34. The zero-order valence-electron chi connectivity index (χ0n) is 12.8. The van der Waals surface area contributed by atoms with Crippen molar-refractivity contribution in [1.82, 2.24) is 4.98 Å². The normalized spacial score (nSPS) is 22.7. The summed E-state index contributed by atoms with van der Waals surface area (Å²) in [5.74, 6) is 1.69. The first kappa shape index (κ1) is 14.6. The number of hydrogen-bond acceptors (Lipinski definition) is 2. The van der Waals surface area contributed by atoms with E-state index in [9.17, 15) is 0 Å². The SMILES string of the molecule is CC(C)C1CCC(Nc2cc(Cl)cc3cccnc23)CC1. The average Bonchev–Trinajstić information content (AvgIpc) is 2.47. The van der Waals surface area contributed by atoms with Crippen molar-refractivity contribution in [3.05, 3.63) is 35.5 Å². The minimum absolute atomic E-state index is 0.545. The maximum absolute atomic E-state index is 6.24. The Balaban J connectivity index is 1.77. The van der Waals surface area contributed by atoms with E-state index in [2.05, 4.69) is 30.2 Å². The molecule has 0 radical (unpaired) electrons. The summed E-state index contributed by atoms with van der Waals surface area (Å²) in [7, 11) is 0. The Morgan fingerprint density at radius 2 is 1.95 bits per heavy atom. The Morgan fingerprint density at radius 3 is 2.67 bits per heavy atom. The first-order valence-electron chi connectivity index (χ1n) is 7.94. The first-order valence-corrected chi connectivity index (χ1v) is 8.32. The van der Waals surface area contributed by atoms with Gasteiger partial charge in [-0.15, -0.1) is 0 Å². The average molecular weight is 303 g/mol. The van der Waals surface area contributed by atoms with Gasteiger partial charge in [0.2, 0.25) is 0 Å². The topological polar surface area (TPSA) is 24.9 Å². The van der Waals surface area contributed by atoms with Crippen LogP contribution in [0.25, 0.3) is 10.9 Å². The molecule has 0 atom stereocenters. The second-order valence-corrected chi connectivity index (χ2v) is 6.96. The lowest BCUT2D eigenvalue weighted by Gasteiger charge is -2.32. The summed E-state index contributed by atoms with van der Waals surface area (Å²) < 4.78 is 0. The summed E-state index contributed by atoms with van der Waals surface area (Å²) in [6.07, 6.45) is 6.97. The van der Waals surface area contributed by atoms with Gasteiger partial charge in [-0.2, -0.15) is 0 Å². The minimum Gasteiger partial charge on any atom is -0.381 e. The van der Waals surface area contributed by atoms with Crippen molar-refractivity contribution in [3.8, 4) is 0 Å². The Bertz CT molecular complexity index is 616. The number of halogens is 1. The molecule has 3 heteroatoms. The first-order chi connectivity index (χ1) is 10.1. The highest BCUT2D eigenvalue weighted by Crippen LogP contribution is 2.33. The molecule has 1 aliphatic rings. The van der Waals surface area contributed by atoms with Gasteiger partial charge in [0.25, 0.3) is 0 Å². The Hall–Kier alpha value is -1.28. The molecule has 0 unspecified atom stereocenters. The van der Waals surface area contributed by atoms with Crippen LogP contribution < -0.4 is 5.32 Å². The van der Waals surface area contributed by atoms with Gasteiger partial charge in [0.05, 0.1) is 11.2 Å². The largest absolute Gasteiger partial charge is 0.381 e. The van der Waals surface area contributed by atoms with Gasteiger partial charge in [-0.25, -0.2) is 0 Å². The molecule has 0 amide bonds. The smallest absolute Gasteiger partial charge is 0.0934 e. The molecule has 0 saturated heterocycles. The van der Waals surface area contributed by atoms with Gasteiger partial charge in [0, 0.05) is 22.6 Å². The van der Waals surface area contributed by atoms with Crippen molar-refractivity contribution >= 4 is 28.2 Å². The lowest BCUT2D eigenvalue weighted by molar-refractivity contribution is 0.267. The highest BCUT2D eigenvalue weighted by atomic mass is 35.5. The highest BCUT2D eigenvalue weighted by Gasteiger charge is 2.23. The Morgan fingerprint density at radius 1 is 1.19 bits per heavy atom. The van der Waals surface area contributed by atoms with Crippen molar-refractivity contribution in [2.75, 3.05) is 5.32 Å². The summed E-state index contributed by atoms with van der Waals surface area (Å²) in [4.78, 5) is 4.51. The van der Waals surface area contributed by atoms with E-state index in [0.29, 0.717) is 6.04 Å². The number of nitrogens with zero attached hydrogens (tertiary/aromatic N) is 1. The van der Waals surface area contributed by atoms with E-state index in [0.717, 1.165) is 33.4 Å². The van der Waals surface area contributed by atoms with Crippen molar-refractivity contribution in [3.63, 3.8) is 0 Å². The molecule has 21 heavy (non-hydrogen) atoms. The maximum atomic E-state index is 6.24. The molecule has 1 aromatic heterocycles. The second kappa shape index (κ2) is 6.23. The zero-order valence-corrected chi connectivity index (χ0v) is 13.5. The van der Waals surface area contributed by atoms with E-state index in [-0.39, 0.29) is 0 Å². The molecule has 2 aromatic rings. The number of benzene rings is 1. The summed E-state index contributed by atoms with van der Waals surface area (Å²) in [6.45, 7) is 4.68. The third kappa shape index (κ3) is 3.32. The quantitative estimate of drug-likeness (QED) is 0.808. The van der Waals surface area contributed by atoms with Crippen molar-refractivity contribution < 1.29 is 0 Å². The number of rotatable bonds is 3. The number of fused-ring (bicyclic) bond motifs is 1. The third-order valence-electron chi connectivity index (χ3n) is 4.74. The van der Waals surface area contributed by atoms with Crippen LogP contribution in [0.3, 0.4) is 0 Å². The van der Waals surface area contributed by atoms with Crippen LogP contribution in [0.5, 0.6) is 0 Å². The monoisotopic (exact) mass is 302 g/mol. The van der Waals surface area contributed by atoms with E-state index in [1.165, 1.54) is 25.7 Å². The van der Waals surface area contributed by atoms with Crippen LogP contribution in [0, 0.1) is 11.8 Å². The van der Waals surface area contributed by atoms with Crippen LogP contribution in [-0.4, -0.2) is 11.0 Å². The van der Waals surface area contributed by atoms with Gasteiger partial charge in [0.15, 0.2) is 0 Å². The maximum Gasteiger partial charge on any atom is 0.0934 e. The summed E-state index contributed by atoms with van der Waals surface area (Å²) in [5, 5.41) is 5.55. The molecule has 1 saturated carbocycles. The standard InChI is InChI=1S/C18H23ClN2/c1-12(2)13-5-7-16(8-6-13)21-17-11-15(19)10-14-4-3-9-20-18(14)17/h3-4,9-13,16,21H,5-8H2,1-2H3. The van der Waals surface area contributed by atoms with Gasteiger partial charge >= 0.3 is 0 Å². The van der Waals surface area contributed by atoms with E-state index >= 15 is 0 Å². The number of nitrogens with one attached hydrogen (secondary N) is 1. The van der Waals surface area contributed by atoms with Gasteiger partial charge in [0.1, 0.15) is 0 Å². The van der Waals surface area contributed by atoms with Gasteiger partial charge in [-0.3, -0.25) is 4.98 Å². The van der Waals surface area contributed by atoms with E-state index < -0.39 is 0 Å². The van der Waals surface area contributed by atoms with E-state index in [1.54, 1.807) is 0 Å². The van der Waals surface area contributed by atoms with Crippen LogP contribution in [0.4, 0.5) is 5.69 Å². The highest BCUT2D eigenvalue weighted by molar-refractivity contribution is 6.31. The molecule has 1 aromatic carbocycles. The molecule has 1 aliphatic carbocycles. The lowest BCUT2D eigenvalue weighted by atomic mass is 9.79. The molecular formula is C18H23ClN2. The molecule has 1 heterocycles. The molecule has 0 aliphatic heterocycles. The summed E-state index contributed by atoms with van der Waals surface area (Å²) >= 11 is 6.24. The van der Waals surface area contributed by atoms with Crippen LogP contribution in [-0.2, 0) is 0 Å². The van der Waals surface area contributed by atoms with Crippen molar-refractivity contribution in [2.24, 2.45) is 11.8 Å². The predicted molar refractivity (Wildman–Crippen MR) is 91.0 cm³/mol. The number of aromatic nitrogens is 1. The minimum atomic E-state index is 0.545. The Labute approximate surface area is 131 Å². The molecule has 0 bridgehead atoms. The molecule has 1 N–H and O–H groups in total. The van der Waals surface area contributed by atoms with Gasteiger partial charge < -0.3 is 5.32 Å².